The van der Waals surface area contributed by atoms with Crippen LogP contribution in [-0.2, 0) is 9.59 Å². The molecule has 0 aromatic heterocycles. The summed E-state index contributed by atoms with van der Waals surface area (Å²) in [5.41, 5.74) is 0.399. The minimum atomic E-state index is -0.443. The number of hydrogen-bond donors (Lipinski definition) is 2. The molecule has 0 saturated carbocycles. The first kappa shape index (κ1) is 21.6. The lowest BCUT2D eigenvalue weighted by Crippen LogP contribution is -2.48. The van der Waals surface area contributed by atoms with Crippen molar-refractivity contribution in [3.63, 3.8) is 0 Å². The molecule has 2 amide bonds. The number of nitrogens with zero attached hydrogens (tertiary/aromatic N) is 1. The summed E-state index contributed by atoms with van der Waals surface area (Å²) in [7, 11) is 0. The molecule has 1 saturated heterocycles. The number of carbonyl (C=O) groups is 2. The Kier molecular flexibility index (Phi) is 8.51. The number of unbranched alkanes of at least 4 members (excludes halogenated alkanes) is 2. The molecule has 7 heteroatoms. The Morgan fingerprint density at radius 2 is 2.00 bits per heavy atom. The number of piperidine rings is 1. The molecule has 0 spiro atoms. The lowest BCUT2D eigenvalue weighted by molar-refractivity contribution is -0.127. The summed E-state index contributed by atoms with van der Waals surface area (Å²) in [4.78, 5) is 26.8. The van der Waals surface area contributed by atoms with E-state index in [0.717, 1.165) is 38.6 Å². The third kappa shape index (κ3) is 6.47. The van der Waals surface area contributed by atoms with Gasteiger partial charge in [-0.25, -0.2) is 4.39 Å². The Labute approximate surface area is 165 Å². The van der Waals surface area contributed by atoms with E-state index in [1.165, 1.54) is 18.2 Å². The van der Waals surface area contributed by atoms with Crippen molar-refractivity contribution in [2.75, 3.05) is 25.0 Å². The summed E-state index contributed by atoms with van der Waals surface area (Å²) in [5, 5.41) is 5.94. The van der Waals surface area contributed by atoms with Gasteiger partial charge in [0, 0.05) is 12.5 Å². The Morgan fingerprint density at radius 3 is 2.63 bits per heavy atom. The van der Waals surface area contributed by atoms with Crippen molar-refractivity contribution in [2.24, 2.45) is 5.92 Å². The van der Waals surface area contributed by atoms with Crippen molar-refractivity contribution in [1.29, 1.82) is 0 Å². The fraction of sp³-hybridized carbons (Fsp3) is 0.600. The van der Waals surface area contributed by atoms with Crippen LogP contribution in [-0.4, -0.2) is 42.4 Å². The lowest BCUT2D eigenvalue weighted by atomic mass is 9.95. The second kappa shape index (κ2) is 10.6. The molecule has 5 nitrogen and oxygen atoms in total. The molecule has 1 heterocycles. The van der Waals surface area contributed by atoms with E-state index in [2.05, 4.69) is 22.5 Å². The predicted octanol–water partition coefficient (Wildman–Crippen LogP) is 3.82. The fourth-order valence-corrected chi connectivity index (χ4v) is 3.49. The van der Waals surface area contributed by atoms with Crippen LogP contribution in [0.3, 0.4) is 0 Å². The highest BCUT2D eigenvalue weighted by Gasteiger charge is 2.29. The van der Waals surface area contributed by atoms with E-state index in [4.69, 9.17) is 11.6 Å². The molecule has 1 aliphatic heterocycles. The molecule has 1 unspecified atom stereocenters. The van der Waals surface area contributed by atoms with Gasteiger partial charge in [0.2, 0.25) is 11.8 Å². The number of amides is 2. The minimum Gasteiger partial charge on any atom is -0.356 e. The normalized spacial score (nSPS) is 16.7. The molecule has 2 N–H and O–H groups in total. The van der Waals surface area contributed by atoms with Crippen molar-refractivity contribution < 1.29 is 14.0 Å². The van der Waals surface area contributed by atoms with E-state index in [-0.39, 0.29) is 28.8 Å². The van der Waals surface area contributed by atoms with Gasteiger partial charge in [0.1, 0.15) is 5.82 Å². The first-order valence-corrected chi connectivity index (χ1v) is 10.1. The average Bonchev–Trinajstić information content (AvgIpc) is 2.66. The molecule has 27 heavy (non-hydrogen) atoms. The Balaban J connectivity index is 1.79. The van der Waals surface area contributed by atoms with Crippen molar-refractivity contribution in [3.05, 3.63) is 29.0 Å². The van der Waals surface area contributed by atoms with E-state index in [1.807, 2.05) is 6.92 Å². The number of hydrogen-bond acceptors (Lipinski definition) is 3. The van der Waals surface area contributed by atoms with Gasteiger partial charge in [0.25, 0.3) is 0 Å². The molecule has 0 aliphatic carbocycles. The van der Waals surface area contributed by atoms with E-state index in [1.54, 1.807) is 0 Å². The predicted molar refractivity (Wildman–Crippen MR) is 106 cm³/mol. The molecule has 150 valence electrons. The molecule has 1 aromatic carbocycles. The summed E-state index contributed by atoms with van der Waals surface area (Å²) in [6.07, 6.45) is 4.77. The van der Waals surface area contributed by atoms with Crippen LogP contribution < -0.4 is 10.6 Å². The number of carbonyl (C=O) groups excluding carboxylic acids is 2. The zero-order valence-corrected chi connectivity index (χ0v) is 16.8. The van der Waals surface area contributed by atoms with Gasteiger partial charge in [-0.2, -0.15) is 0 Å². The number of rotatable bonds is 8. The lowest BCUT2D eigenvalue weighted by Gasteiger charge is -2.34. The number of nitrogens with one attached hydrogen (secondary N) is 2. The first-order valence-electron chi connectivity index (χ1n) is 9.70. The number of benzene rings is 1. The van der Waals surface area contributed by atoms with Crippen LogP contribution in [0.2, 0.25) is 5.02 Å². The SMILES string of the molecule is CCCCCNC(=O)C1CCN(C(C)C(=O)Nc2ccc(F)cc2Cl)CC1. The maximum absolute atomic E-state index is 13.1. The van der Waals surface area contributed by atoms with E-state index < -0.39 is 5.82 Å². The third-order valence-corrected chi connectivity index (χ3v) is 5.41. The molecular formula is C20H29ClFN3O2. The number of likely N-dealkylation sites (tertiary alicyclic amines) is 1. The Bertz CT molecular complexity index is 648. The molecule has 2 rings (SSSR count). The largest absolute Gasteiger partial charge is 0.356 e. The standard InChI is InChI=1S/C20H29ClFN3O2/c1-3-4-5-10-23-20(27)15-8-11-25(12-9-15)14(2)19(26)24-18-7-6-16(22)13-17(18)21/h6-7,13-15H,3-5,8-12H2,1-2H3,(H,23,27)(H,24,26). The summed E-state index contributed by atoms with van der Waals surface area (Å²) in [6, 6.07) is 3.54. The molecule has 1 atom stereocenters. The molecule has 0 radical (unpaired) electrons. The number of halogens is 2. The zero-order valence-electron chi connectivity index (χ0n) is 16.1. The third-order valence-electron chi connectivity index (χ3n) is 5.10. The van der Waals surface area contributed by atoms with Gasteiger partial charge in [-0.1, -0.05) is 31.4 Å². The van der Waals surface area contributed by atoms with Crippen molar-refractivity contribution in [2.45, 2.75) is 52.0 Å². The quantitative estimate of drug-likeness (QED) is 0.655. The molecule has 1 fully saturated rings. The van der Waals surface area contributed by atoms with Crippen molar-refractivity contribution >= 4 is 29.1 Å². The highest BCUT2D eigenvalue weighted by Crippen LogP contribution is 2.24. The van der Waals surface area contributed by atoms with Crippen LogP contribution >= 0.6 is 11.6 Å². The minimum absolute atomic E-state index is 0.0182. The van der Waals surface area contributed by atoms with Gasteiger partial charge in [-0.05, 0) is 57.5 Å². The van der Waals surface area contributed by atoms with Gasteiger partial charge in [0.15, 0.2) is 0 Å². The maximum Gasteiger partial charge on any atom is 0.241 e. The Morgan fingerprint density at radius 1 is 1.30 bits per heavy atom. The smallest absolute Gasteiger partial charge is 0.241 e. The highest BCUT2D eigenvalue weighted by atomic mass is 35.5. The fourth-order valence-electron chi connectivity index (χ4n) is 3.27. The van der Waals surface area contributed by atoms with Crippen LogP contribution in [0.1, 0.15) is 46.0 Å². The van der Waals surface area contributed by atoms with Gasteiger partial charge in [0.05, 0.1) is 16.8 Å². The van der Waals surface area contributed by atoms with Crippen LogP contribution in [0.5, 0.6) is 0 Å². The van der Waals surface area contributed by atoms with E-state index in [9.17, 15) is 14.0 Å². The van der Waals surface area contributed by atoms with Crippen molar-refractivity contribution in [1.82, 2.24) is 10.2 Å². The summed E-state index contributed by atoms with van der Waals surface area (Å²) in [6.45, 7) is 6.10. The van der Waals surface area contributed by atoms with Crippen LogP contribution in [0.4, 0.5) is 10.1 Å². The number of anilines is 1. The Hall–Kier alpha value is -1.66. The van der Waals surface area contributed by atoms with Gasteiger partial charge in [-0.15, -0.1) is 0 Å². The molecule has 1 aliphatic rings. The second-order valence-corrected chi connectivity index (χ2v) is 7.50. The van der Waals surface area contributed by atoms with Crippen molar-refractivity contribution in [3.8, 4) is 0 Å². The van der Waals surface area contributed by atoms with Gasteiger partial charge < -0.3 is 10.6 Å². The monoisotopic (exact) mass is 397 g/mol. The molecular weight excluding hydrogens is 369 g/mol. The van der Waals surface area contributed by atoms with E-state index >= 15 is 0 Å². The van der Waals surface area contributed by atoms with Crippen LogP contribution in [0, 0.1) is 11.7 Å². The van der Waals surface area contributed by atoms with Crippen LogP contribution in [0.15, 0.2) is 18.2 Å². The summed E-state index contributed by atoms with van der Waals surface area (Å²) >= 11 is 5.97. The van der Waals surface area contributed by atoms with Crippen LogP contribution in [0.25, 0.3) is 0 Å². The summed E-state index contributed by atoms with van der Waals surface area (Å²) in [5.74, 6) is -0.488. The highest BCUT2D eigenvalue weighted by molar-refractivity contribution is 6.33. The first-order chi connectivity index (χ1) is 12.9. The van der Waals surface area contributed by atoms with E-state index in [0.29, 0.717) is 18.8 Å². The van der Waals surface area contributed by atoms with Gasteiger partial charge >= 0.3 is 0 Å². The zero-order chi connectivity index (χ0) is 19.8. The maximum atomic E-state index is 13.1. The summed E-state index contributed by atoms with van der Waals surface area (Å²) < 4.78 is 13.1. The topological polar surface area (TPSA) is 61.4 Å². The van der Waals surface area contributed by atoms with Gasteiger partial charge in [-0.3, -0.25) is 14.5 Å². The molecule has 1 aromatic rings. The second-order valence-electron chi connectivity index (χ2n) is 7.10. The average molecular weight is 398 g/mol. The molecule has 0 bridgehead atoms.